The lowest BCUT2D eigenvalue weighted by Crippen LogP contribution is -2.31. The van der Waals surface area contributed by atoms with Crippen LogP contribution in [-0.2, 0) is 21.4 Å². The summed E-state index contributed by atoms with van der Waals surface area (Å²) in [4.78, 5) is 15.5. The maximum atomic E-state index is 12.9. The first-order valence-electron chi connectivity index (χ1n) is 7.67. The number of imidazole rings is 1. The molecule has 1 N–H and O–H groups in total. The van der Waals surface area contributed by atoms with Gasteiger partial charge in [-0.1, -0.05) is 32.0 Å². The van der Waals surface area contributed by atoms with E-state index < -0.39 is 21.9 Å². The molecule has 0 radical (unpaired) electrons. The van der Waals surface area contributed by atoms with E-state index in [4.69, 9.17) is 0 Å². The molecule has 7 nitrogen and oxygen atoms in total. The van der Waals surface area contributed by atoms with Crippen LogP contribution in [-0.4, -0.2) is 35.6 Å². The Labute approximate surface area is 140 Å². The first kappa shape index (κ1) is 16.5. The van der Waals surface area contributed by atoms with Crippen molar-refractivity contribution in [2.75, 3.05) is 10.8 Å². The van der Waals surface area contributed by atoms with Gasteiger partial charge >= 0.3 is 5.97 Å². The lowest BCUT2D eigenvalue weighted by Gasteiger charge is -2.18. The number of rotatable bonds is 5. The Bertz CT molecular complexity index is 873. The highest BCUT2D eigenvalue weighted by atomic mass is 32.2. The van der Waals surface area contributed by atoms with Crippen LogP contribution in [0.15, 0.2) is 41.8 Å². The van der Waals surface area contributed by atoms with Crippen LogP contribution in [0.3, 0.4) is 0 Å². The highest BCUT2D eigenvalue weighted by Gasteiger charge is 2.40. The van der Waals surface area contributed by atoms with Crippen molar-refractivity contribution >= 4 is 21.7 Å². The van der Waals surface area contributed by atoms with Gasteiger partial charge < -0.3 is 9.67 Å². The molecule has 0 bridgehead atoms. The van der Waals surface area contributed by atoms with Crippen molar-refractivity contribution in [2.24, 2.45) is 5.92 Å². The fourth-order valence-corrected chi connectivity index (χ4v) is 4.36. The second-order valence-electron chi connectivity index (χ2n) is 6.29. The molecular formula is C16H19N3O4S. The van der Waals surface area contributed by atoms with E-state index in [0.29, 0.717) is 23.7 Å². The van der Waals surface area contributed by atoms with Crippen molar-refractivity contribution in [2.45, 2.75) is 31.3 Å². The van der Waals surface area contributed by atoms with Gasteiger partial charge in [0.25, 0.3) is 10.0 Å². The average Bonchev–Trinajstić information content (AvgIpc) is 3.11. The lowest BCUT2D eigenvalue weighted by molar-refractivity contribution is -0.138. The fourth-order valence-electron chi connectivity index (χ4n) is 2.92. The standard InChI is InChI=1S/C16H19N3O4S/c1-11(2)7-18-9-15(17-10-18)24(22,23)19-8-13(16(20)21)12-5-3-4-6-14(12)19/h3-6,9-11,13H,7-8H2,1-2H3,(H,20,21)/t13-/m1/s1. The minimum Gasteiger partial charge on any atom is -0.481 e. The Balaban J connectivity index is 1.99. The number of hydrogen-bond acceptors (Lipinski definition) is 4. The van der Waals surface area contributed by atoms with Crippen molar-refractivity contribution in [3.63, 3.8) is 0 Å². The number of carboxylic acids is 1. The molecule has 0 amide bonds. The predicted molar refractivity (Wildman–Crippen MR) is 88.4 cm³/mol. The van der Waals surface area contributed by atoms with Gasteiger partial charge in [0.1, 0.15) is 5.92 Å². The Morgan fingerprint density at radius 1 is 1.38 bits per heavy atom. The highest BCUT2D eigenvalue weighted by Crippen LogP contribution is 2.39. The van der Waals surface area contributed by atoms with Gasteiger partial charge in [0, 0.05) is 12.7 Å². The SMILES string of the molecule is CC(C)Cn1cnc(S(=O)(=O)N2C[C@@H](C(=O)O)c3ccccc32)c1. The van der Waals surface area contributed by atoms with Crippen LogP contribution in [0.25, 0.3) is 0 Å². The molecule has 1 aromatic carbocycles. The minimum absolute atomic E-state index is 0.0657. The van der Waals surface area contributed by atoms with Crippen molar-refractivity contribution < 1.29 is 18.3 Å². The van der Waals surface area contributed by atoms with Crippen LogP contribution in [0.4, 0.5) is 5.69 Å². The summed E-state index contributed by atoms with van der Waals surface area (Å²) in [5.74, 6) is -1.54. The lowest BCUT2D eigenvalue weighted by atomic mass is 10.0. The van der Waals surface area contributed by atoms with E-state index >= 15 is 0 Å². The molecule has 24 heavy (non-hydrogen) atoms. The van der Waals surface area contributed by atoms with Gasteiger partial charge in [-0.3, -0.25) is 9.10 Å². The van der Waals surface area contributed by atoms with Gasteiger partial charge in [0.2, 0.25) is 0 Å². The molecular weight excluding hydrogens is 330 g/mol. The van der Waals surface area contributed by atoms with Crippen LogP contribution >= 0.6 is 0 Å². The van der Waals surface area contributed by atoms with E-state index in [0.717, 1.165) is 4.31 Å². The third-order valence-corrected chi connectivity index (χ3v) is 5.63. The number of sulfonamides is 1. The fraction of sp³-hybridized carbons (Fsp3) is 0.375. The third-order valence-electron chi connectivity index (χ3n) is 3.97. The molecule has 0 unspecified atom stereocenters. The summed E-state index contributed by atoms with van der Waals surface area (Å²) in [6, 6.07) is 6.69. The number of anilines is 1. The number of carboxylic acid groups (broad SMARTS) is 1. The monoisotopic (exact) mass is 349 g/mol. The molecule has 0 fully saturated rings. The molecule has 0 saturated heterocycles. The highest BCUT2D eigenvalue weighted by molar-refractivity contribution is 7.92. The Morgan fingerprint density at radius 2 is 2.08 bits per heavy atom. The molecule has 128 valence electrons. The average molecular weight is 349 g/mol. The molecule has 1 aliphatic rings. The van der Waals surface area contributed by atoms with E-state index in [9.17, 15) is 18.3 Å². The first-order chi connectivity index (χ1) is 11.3. The molecule has 8 heteroatoms. The first-order valence-corrected chi connectivity index (χ1v) is 9.11. The molecule has 0 aliphatic carbocycles. The van der Waals surface area contributed by atoms with Crippen molar-refractivity contribution in [3.05, 3.63) is 42.4 Å². The Kier molecular flexibility index (Phi) is 4.08. The van der Waals surface area contributed by atoms with Crippen LogP contribution in [0.1, 0.15) is 25.3 Å². The molecule has 1 atom stereocenters. The normalized spacial score (nSPS) is 17.3. The van der Waals surface area contributed by atoms with Crippen LogP contribution in [0, 0.1) is 5.92 Å². The number of benzene rings is 1. The molecule has 0 saturated carbocycles. The topological polar surface area (TPSA) is 92.5 Å². The van der Waals surface area contributed by atoms with Gasteiger partial charge in [-0.25, -0.2) is 4.98 Å². The van der Waals surface area contributed by atoms with Crippen LogP contribution < -0.4 is 4.31 Å². The molecule has 3 rings (SSSR count). The van der Waals surface area contributed by atoms with Crippen LogP contribution in [0.5, 0.6) is 0 Å². The van der Waals surface area contributed by atoms with Crippen LogP contribution in [0.2, 0.25) is 0 Å². The summed E-state index contributed by atoms with van der Waals surface area (Å²) in [5, 5.41) is 9.31. The molecule has 1 aromatic heterocycles. The number of carbonyl (C=O) groups is 1. The second kappa shape index (κ2) is 5.94. The third kappa shape index (κ3) is 2.77. The van der Waals surface area contributed by atoms with Gasteiger partial charge in [-0.05, 0) is 17.5 Å². The molecule has 1 aliphatic heterocycles. The Hall–Kier alpha value is -2.35. The summed E-state index contributed by atoms with van der Waals surface area (Å²) >= 11 is 0. The summed E-state index contributed by atoms with van der Waals surface area (Å²) < 4.78 is 28.7. The van der Waals surface area contributed by atoms with E-state index in [2.05, 4.69) is 4.98 Å². The minimum atomic E-state index is -3.90. The number of hydrogen-bond donors (Lipinski definition) is 1. The predicted octanol–water partition coefficient (Wildman–Crippen LogP) is 1.92. The van der Waals surface area contributed by atoms with E-state index in [1.54, 1.807) is 28.8 Å². The van der Waals surface area contributed by atoms with Gasteiger partial charge in [0.15, 0.2) is 5.03 Å². The number of nitrogens with zero attached hydrogens (tertiary/aromatic N) is 3. The molecule has 0 spiro atoms. The summed E-state index contributed by atoms with van der Waals surface area (Å²) in [7, 11) is -3.90. The largest absolute Gasteiger partial charge is 0.481 e. The Morgan fingerprint density at radius 3 is 2.75 bits per heavy atom. The number of para-hydroxylation sites is 1. The van der Waals surface area contributed by atoms with E-state index in [-0.39, 0.29) is 11.6 Å². The quantitative estimate of drug-likeness (QED) is 0.890. The number of aromatic nitrogens is 2. The maximum Gasteiger partial charge on any atom is 0.312 e. The van der Waals surface area contributed by atoms with Gasteiger partial charge in [-0.2, -0.15) is 8.42 Å². The maximum absolute atomic E-state index is 12.9. The summed E-state index contributed by atoms with van der Waals surface area (Å²) in [6.07, 6.45) is 2.98. The molecule has 2 aromatic rings. The number of fused-ring (bicyclic) bond motifs is 1. The van der Waals surface area contributed by atoms with Crippen molar-refractivity contribution in [1.29, 1.82) is 0 Å². The zero-order valence-corrected chi connectivity index (χ0v) is 14.3. The van der Waals surface area contributed by atoms with Crippen molar-refractivity contribution in [1.82, 2.24) is 9.55 Å². The van der Waals surface area contributed by atoms with Gasteiger partial charge in [0.05, 0.1) is 18.6 Å². The van der Waals surface area contributed by atoms with E-state index in [1.165, 1.54) is 12.5 Å². The zero-order valence-electron chi connectivity index (χ0n) is 13.5. The smallest absolute Gasteiger partial charge is 0.312 e. The van der Waals surface area contributed by atoms with Crippen molar-refractivity contribution in [3.8, 4) is 0 Å². The zero-order chi connectivity index (χ0) is 17.5. The van der Waals surface area contributed by atoms with E-state index in [1.807, 2.05) is 13.8 Å². The summed E-state index contributed by atoms with van der Waals surface area (Å²) in [5.41, 5.74) is 0.915. The van der Waals surface area contributed by atoms with Gasteiger partial charge in [-0.15, -0.1) is 0 Å². The number of aliphatic carboxylic acids is 1. The summed E-state index contributed by atoms with van der Waals surface area (Å²) in [6.45, 7) is 4.61. The molecule has 2 heterocycles. The second-order valence-corrected chi connectivity index (χ2v) is 8.10.